The van der Waals surface area contributed by atoms with Gasteiger partial charge in [-0.2, -0.15) is 0 Å². The van der Waals surface area contributed by atoms with Crippen molar-refractivity contribution in [3.63, 3.8) is 0 Å². The Balaban J connectivity index is 1.34. The van der Waals surface area contributed by atoms with Gasteiger partial charge in [-0.1, -0.05) is 52.8 Å². The maximum Gasteiger partial charge on any atom is 0.341 e. The first-order valence-corrected chi connectivity index (χ1v) is 18.6. The number of aromatic carboxylic acids is 1. The SMILES string of the molecule is C=C(C)[C@@H]1CC[C@]2(C(=O)CCCN(C)C)CC[C@]3(C)[C@H](CC[C@@H]4[C@@]5(C)CC=C(c6cc(F)c(C(=O)O)c(F)c6)C(C)(C)[C@@H]5CC[C@]43C)[C@@H]12. The van der Waals surface area contributed by atoms with Gasteiger partial charge < -0.3 is 10.0 Å². The van der Waals surface area contributed by atoms with Crippen LogP contribution in [0.15, 0.2) is 30.4 Å². The fraction of sp³-hybridized carbons (Fsp3) is 0.714. The molecular weight excluding hydrogens is 604 g/mol. The van der Waals surface area contributed by atoms with Crippen LogP contribution in [0.3, 0.4) is 0 Å². The van der Waals surface area contributed by atoms with E-state index in [4.69, 9.17) is 0 Å². The lowest BCUT2D eigenvalue weighted by atomic mass is 9.32. The van der Waals surface area contributed by atoms with Crippen LogP contribution in [0.4, 0.5) is 8.78 Å². The first kappa shape index (κ1) is 35.5. The van der Waals surface area contributed by atoms with E-state index >= 15 is 0 Å². The van der Waals surface area contributed by atoms with E-state index in [1.807, 2.05) is 0 Å². The molecule has 0 unspecified atom stereocenters. The van der Waals surface area contributed by atoms with E-state index in [2.05, 4.69) is 73.2 Å². The van der Waals surface area contributed by atoms with Gasteiger partial charge in [0.2, 0.25) is 0 Å². The van der Waals surface area contributed by atoms with Gasteiger partial charge in [-0.25, -0.2) is 13.6 Å². The predicted molar refractivity (Wildman–Crippen MR) is 188 cm³/mol. The van der Waals surface area contributed by atoms with E-state index in [9.17, 15) is 23.5 Å². The number of carboxylic acids is 1. The molecule has 5 aliphatic carbocycles. The molecule has 264 valence electrons. The maximum absolute atomic E-state index is 14.9. The number of allylic oxidation sites excluding steroid dienone is 3. The smallest absolute Gasteiger partial charge is 0.341 e. The standard InChI is InChI=1S/C42H59F2NO3/c1-25(2)27-14-19-42(34(46)11-10-22-45(8)9)21-20-40(6)29(36(27)42)12-13-33-39(5)17-15-28(38(3,4)32(39)16-18-41(33,40)7)26-23-30(43)35(37(47)48)31(44)24-26/h15,23-24,27,29,32-33,36H,1,10-14,16-22H2,2-9H3,(H,47,48)/t27-,29+,32-,33+,36+,39-,40+,41+,42+/m0/s1. The molecule has 4 saturated carbocycles. The molecule has 9 atom stereocenters. The summed E-state index contributed by atoms with van der Waals surface area (Å²) < 4.78 is 29.8. The number of nitrogens with zero attached hydrogens (tertiary/aromatic N) is 1. The maximum atomic E-state index is 14.9. The van der Waals surface area contributed by atoms with Gasteiger partial charge in [0, 0.05) is 11.8 Å². The van der Waals surface area contributed by atoms with Crippen molar-refractivity contribution < 1.29 is 23.5 Å². The number of carboxylic acid groups (broad SMARTS) is 1. The summed E-state index contributed by atoms with van der Waals surface area (Å²) in [7, 11) is 4.17. The first-order chi connectivity index (χ1) is 22.3. The number of halogens is 2. The summed E-state index contributed by atoms with van der Waals surface area (Å²) >= 11 is 0. The number of rotatable bonds is 8. The number of hydrogen-bond donors (Lipinski definition) is 1. The number of benzene rings is 1. The van der Waals surface area contributed by atoms with Gasteiger partial charge in [-0.3, -0.25) is 4.79 Å². The Morgan fingerprint density at radius 3 is 2.19 bits per heavy atom. The minimum atomic E-state index is -1.59. The molecule has 0 radical (unpaired) electrons. The molecule has 0 aliphatic heterocycles. The average Bonchev–Trinajstić information content (AvgIpc) is 3.38. The number of carbonyl (C=O) groups is 2. The Hall–Kier alpha value is -2.34. The monoisotopic (exact) mass is 663 g/mol. The topological polar surface area (TPSA) is 57.6 Å². The largest absolute Gasteiger partial charge is 0.477 e. The molecule has 4 fully saturated rings. The summed E-state index contributed by atoms with van der Waals surface area (Å²) in [6.45, 7) is 19.8. The highest BCUT2D eigenvalue weighted by Crippen LogP contribution is 2.78. The quantitative estimate of drug-likeness (QED) is 0.281. The molecule has 48 heavy (non-hydrogen) atoms. The Morgan fingerprint density at radius 1 is 0.917 bits per heavy atom. The van der Waals surface area contributed by atoms with E-state index < -0.39 is 23.2 Å². The fourth-order valence-corrected chi connectivity index (χ4v) is 13.5. The van der Waals surface area contributed by atoms with Crippen molar-refractivity contribution in [3.8, 4) is 0 Å². The van der Waals surface area contributed by atoms with Gasteiger partial charge in [0.25, 0.3) is 0 Å². The highest BCUT2D eigenvalue weighted by atomic mass is 19.1. The summed E-state index contributed by atoms with van der Waals surface area (Å²) in [4.78, 5) is 28.0. The Kier molecular flexibility index (Phi) is 8.78. The molecule has 1 aromatic rings. The number of ketones is 1. The molecule has 4 nitrogen and oxygen atoms in total. The number of carbonyl (C=O) groups excluding carboxylic acids is 1. The molecule has 5 aliphatic rings. The number of Topliss-reactive ketones (excluding diaryl/α,β-unsaturated/α-hetero) is 1. The van der Waals surface area contributed by atoms with Crippen molar-refractivity contribution >= 4 is 17.3 Å². The van der Waals surface area contributed by atoms with Crippen LogP contribution in [0.5, 0.6) is 0 Å². The van der Waals surface area contributed by atoms with Crippen molar-refractivity contribution in [2.45, 2.75) is 112 Å². The van der Waals surface area contributed by atoms with Crippen LogP contribution in [0.1, 0.15) is 128 Å². The third-order valence-corrected chi connectivity index (χ3v) is 15.8. The Morgan fingerprint density at radius 2 is 1.58 bits per heavy atom. The first-order valence-electron chi connectivity index (χ1n) is 18.6. The zero-order chi connectivity index (χ0) is 35.2. The average molecular weight is 664 g/mol. The van der Waals surface area contributed by atoms with E-state index in [0.29, 0.717) is 47.4 Å². The molecular formula is C42H59F2NO3. The summed E-state index contributed by atoms with van der Waals surface area (Å²) in [6.07, 6.45) is 13.3. The van der Waals surface area contributed by atoms with Gasteiger partial charge in [0.1, 0.15) is 23.0 Å². The molecule has 0 saturated heterocycles. The Labute approximate surface area is 287 Å². The molecule has 1 N–H and O–H groups in total. The highest BCUT2D eigenvalue weighted by Gasteiger charge is 2.71. The lowest BCUT2D eigenvalue weighted by molar-refractivity contribution is -0.224. The van der Waals surface area contributed by atoms with Crippen molar-refractivity contribution in [3.05, 3.63) is 53.1 Å². The summed E-state index contributed by atoms with van der Waals surface area (Å²) in [5.74, 6) is -1.01. The van der Waals surface area contributed by atoms with Gasteiger partial charge >= 0.3 is 5.97 Å². The number of fused-ring (bicyclic) bond motifs is 7. The second-order valence-electron chi connectivity index (χ2n) is 18.3. The van der Waals surface area contributed by atoms with Crippen LogP contribution in [0.25, 0.3) is 5.57 Å². The molecule has 6 rings (SSSR count). The van der Waals surface area contributed by atoms with Gasteiger partial charge in [-0.15, -0.1) is 0 Å². The predicted octanol–water partition coefficient (Wildman–Crippen LogP) is 10.2. The minimum absolute atomic E-state index is 0.0199. The highest BCUT2D eigenvalue weighted by molar-refractivity contribution is 5.89. The van der Waals surface area contributed by atoms with Crippen LogP contribution in [-0.4, -0.2) is 42.4 Å². The molecule has 1 aromatic carbocycles. The minimum Gasteiger partial charge on any atom is -0.477 e. The van der Waals surface area contributed by atoms with E-state index in [1.165, 1.54) is 17.7 Å². The van der Waals surface area contributed by atoms with Gasteiger partial charge in [0.05, 0.1) is 0 Å². The molecule has 0 amide bonds. The summed E-state index contributed by atoms with van der Waals surface area (Å²) in [5.41, 5.74) is 1.45. The van der Waals surface area contributed by atoms with Crippen molar-refractivity contribution in [2.75, 3.05) is 20.6 Å². The number of hydrogen-bond acceptors (Lipinski definition) is 3. The van der Waals surface area contributed by atoms with Crippen molar-refractivity contribution in [1.82, 2.24) is 4.90 Å². The van der Waals surface area contributed by atoms with Gasteiger partial charge in [0.15, 0.2) is 0 Å². The molecule has 0 spiro atoms. The lowest BCUT2D eigenvalue weighted by Crippen LogP contribution is -2.65. The molecule has 0 aromatic heterocycles. The summed E-state index contributed by atoms with van der Waals surface area (Å²) in [6, 6.07) is 2.44. The second-order valence-corrected chi connectivity index (χ2v) is 18.3. The zero-order valence-corrected chi connectivity index (χ0v) is 30.8. The van der Waals surface area contributed by atoms with E-state index in [0.717, 1.165) is 76.3 Å². The molecule has 0 bridgehead atoms. The van der Waals surface area contributed by atoms with Crippen LogP contribution in [0.2, 0.25) is 0 Å². The van der Waals surface area contributed by atoms with Gasteiger partial charge in [-0.05, 0) is 166 Å². The summed E-state index contributed by atoms with van der Waals surface area (Å²) in [5, 5.41) is 9.34. The van der Waals surface area contributed by atoms with E-state index in [1.54, 1.807) is 0 Å². The third kappa shape index (κ3) is 4.95. The second kappa shape index (κ2) is 11.9. The fourth-order valence-electron chi connectivity index (χ4n) is 13.5. The van der Waals surface area contributed by atoms with Crippen molar-refractivity contribution in [2.24, 2.45) is 56.7 Å². The third-order valence-electron chi connectivity index (χ3n) is 15.8. The van der Waals surface area contributed by atoms with Crippen LogP contribution < -0.4 is 0 Å². The zero-order valence-electron chi connectivity index (χ0n) is 30.8. The Bertz CT molecular complexity index is 1520. The van der Waals surface area contributed by atoms with Crippen LogP contribution in [-0.2, 0) is 4.79 Å². The van der Waals surface area contributed by atoms with E-state index in [-0.39, 0.29) is 27.1 Å². The lowest BCUT2D eigenvalue weighted by Gasteiger charge is -2.72. The van der Waals surface area contributed by atoms with Crippen LogP contribution >= 0.6 is 0 Å². The molecule has 0 heterocycles. The molecule has 6 heteroatoms. The normalized spacial score (nSPS) is 39.9. The van der Waals surface area contributed by atoms with Crippen molar-refractivity contribution in [1.29, 1.82) is 0 Å². The van der Waals surface area contributed by atoms with Crippen LogP contribution in [0, 0.1) is 68.3 Å².